The first-order valence-corrected chi connectivity index (χ1v) is 7.51. The largest absolute Gasteiger partial charge is 0.311 e. The molecular formula is C14H21N3S. The van der Waals surface area contributed by atoms with Gasteiger partial charge in [0, 0.05) is 24.5 Å². The maximum absolute atomic E-state index is 8.75. The van der Waals surface area contributed by atoms with Gasteiger partial charge in [0.15, 0.2) is 0 Å². The fraction of sp³-hybridized carbons (Fsp3) is 0.643. The van der Waals surface area contributed by atoms with Crippen LogP contribution in [0.4, 0.5) is 0 Å². The standard InChI is InChI=1S/C14H21N3S/c1-12-4-7-17(8-5-12)9-6-16-11-14-3-2-13(10-15)18-14/h2-3,12,16H,4-9,11H2,1H3. The Hall–Kier alpha value is -0.890. The minimum atomic E-state index is 0.803. The van der Waals surface area contributed by atoms with Crippen LogP contribution in [0.5, 0.6) is 0 Å². The maximum Gasteiger partial charge on any atom is 0.110 e. The van der Waals surface area contributed by atoms with Gasteiger partial charge in [0.05, 0.1) is 0 Å². The van der Waals surface area contributed by atoms with Crippen LogP contribution in [-0.2, 0) is 6.54 Å². The summed E-state index contributed by atoms with van der Waals surface area (Å²) in [5.41, 5.74) is 0. The zero-order chi connectivity index (χ0) is 12.8. The van der Waals surface area contributed by atoms with Gasteiger partial charge in [0.1, 0.15) is 10.9 Å². The average molecular weight is 263 g/mol. The Balaban J connectivity index is 1.60. The second-order valence-corrected chi connectivity index (χ2v) is 6.25. The van der Waals surface area contributed by atoms with E-state index in [2.05, 4.69) is 23.2 Å². The summed E-state index contributed by atoms with van der Waals surface area (Å²) in [5, 5.41) is 12.2. The zero-order valence-electron chi connectivity index (χ0n) is 11.0. The quantitative estimate of drug-likeness (QED) is 0.829. The number of hydrogen-bond acceptors (Lipinski definition) is 4. The van der Waals surface area contributed by atoms with E-state index >= 15 is 0 Å². The number of thiophene rings is 1. The highest BCUT2D eigenvalue weighted by Gasteiger charge is 2.14. The molecule has 18 heavy (non-hydrogen) atoms. The van der Waals surface area contributed by atoms with E-state index in [1.54, 1.807) is 11.3 Å². The monoisotopic (exact) mass is 263 g/mol. The Morgan fingerprint density at radius 3 is 2.89 bits per heavy atom. The fourth-order valence-corrected chi connectivity index (χ4v) is 3.04. The number of nitrogens with zero attached hydrogens (tertiary/aromatic N) is 2. The van der Waals surface area contributed by atoms with Gasteiger partial charge < -0.3 is 10.2 Å². The molecule has 0 amide bonds. The summed E-state index contributed by atoms with van der Waals surface area (Å²) in [6.45, 7) is 7.91. The minimum absolute atomic E-state index is 0.803. The summed E-state index contributed by atoms with van der Waals surface area (Å²) in [5.74, 6) is 0.907. The normalized spacial score (nSPS) is 17.8. The molecule has 2 heterocycles. The first-order chi connectivity index (χ1) is 8.78. The number of nitriles is 1. The predicted octanol–water partition coefficient (Wildman–Crippen LogP) is 2.44. The van der Waals surface area contributed by atoms with Crippen LogP contribution in [0.3, 0.4) is 0 Å². The van der Waals surface area contributed by atoms with Crippen LogP contribution in [0.2, 0.25) is 0 Å². The fourth-order valence-electron chi connectivity index (χ4n) is 2.27. The Morgan fingerprint density at radius 1 is 1.44 bits per heavy atom. The molecular weight excluding hydrogens is 242 g/mol. The molecule has 0 bridgehead atoms. The number of hydrogen-bond donors (Lipinski definition) is 1. The third-order valence-corrected chi connectivity index (χ3v) is 4.54. The van der Waals surface area contributed by atoms with Gasteiger partial charge in [-0.05, 0) is 44.0 Å². The summed E-state index contributed by atoms with van der Waals surface area (Å²) in [6, 6.07) is 6.11. The van der Waals surface area contributed by atoms with Gasteiger partial charge in [-0.1, -0.05) is 6.92 Å². The van der Waals surface area contributed by atoms with E-state index < -0.39 is 0 Å². The molecule has 2 rings (SSSR count). The Labute approximate surface area is 113 Å². The van der Waals surface area contributed by atoms with Crippen LogP contribution in [0.1, 0.15) is 29.5 Å². The first-order valence-electron chi connectivity index (χ1n) is 6.70. The van der Waals surface area contributed by atoms with E-state index in [1.165, 1.54) is 30.8 Å². The van der Waals surface area contributed by atoms with Gasteiger partial charge >= 0.3 is 0 Å². The van der Waals surface area contributed by atoms with Crippen LogP contribution >= 0.6 is 11.3 Å². The molecule has 0 unspecified atom stereocenters. The molecule has 1 saturated heterocycles. The Kier molecular flexibility index (Phi) is 5.18. The second-order valence-electron chi connectivity index (χ2n) is 5.08. The summed E-state index contributed by atoms with van der Waals surface area (Å²) in [6.07, 6.45) is 2.69. The van der Waals surface area contributed by atoms with E-state index in [9.17, 15) is 0 Å². The smallest absolute Gasteiger partial charge is 0.110 e. The molecule has 0 aromatic carbocycles. The topological polar surface area (TPSA) is 39.1 Å². The SMILES string of the molecule is CC1CCN(CCNCc2ccc(C#N)s2)CC1. The molecule has 1 fully saturated rings. The van der Waals surface area contributed by atoms with Gasteiger partial charge in [0.25, 0.3) is 0 Å². The van der Waals surface area contributed by atoms with Crippen molar-refractivity contribution in [2.24, 2.45) is 5.92 Å². The molecule has 1 aromatic heterocycles. The lowest BCUT2D eigenvalue weighted by molar-refractivity contribution is 0.193. The maximum atomic E-state index is 8.75. The Morgan fingerprint density at radius 2 is 2.22 bits per heavy atom. The highest BCUT2D eigenvalue weighted by molar-refractivity contribution is 7.12. The molecule has 1 aliphatic rings. The van der Waals surface area contributed by atoms with Gasteiger partial charge in [-0.15, -0.1) is 11.3 Å². The van der Waals surface area contributed by atoms with Crippen molar-refractivity contribution in [1.82, 2.24) is 10.2 Å². The van der Waals surface area contributed by atoms with Gasteiger partial charge in [-0.3, -0.25) is 0 Å². The van der Waals surface area contributed by atoms with E-state index in [1.807, 2.05) is 12.1 Å². The van der Waals surface area contributed by atoms with Crippen molar-refractivity contribution in [1.29, 1.82) is 5.26 Å². The minimum Gasteiger partial charge on any atom is -0.311 e. The molecule has 0 radical (unpaired) electrons. The number of rotatable bonds is 5. The lowest BCUT2D eigenvalue weighted by atomic mass is 9.99. The van der Waals surface area contributed by atoms with Crippen molar-refractivity contribution >= 4 is 11.3 Å². The van der Waals surface area contributed by atoms with E-state index in [0.717, 1.165) is 30.4 Å². The van der Waals surface area contributed by atoms with Crippen molar-refractivity contribution < 1.29 is 0 Å². The molecule has 1 aromatic rings. The van der Waals surface area contributed by atoms with Crippen molar-refractivity contribution in [3.8, 4) is 6.07 Å². The van der Waals surface area contributed by atoms with Crippen LogP contribution in [0.15, 0.2) is 12.1 Å². The number of piperidine rings is 1. The van der Waals surface area contributed by atoms with Gasteiger partial charge in [-0.25, -0.2) is 0 Å². The van der Waals surface area contributed by atoms with Gasteiger partial charge in [-0.2, -0.15) is 5.26 Å². The van der Waals surface area contributed by atoms with E-state index in [0.29, 0.717) is 0 Å². The summed E-state index contributed by atoms with van der Waals surface area (Å²) >= 11 is 1.58. The van der Waals surface area contributed by atoms with Crippen molar-refractivity contribution in [2.75, 3.05) is 26.2 Å². The van der Waals surface area contributed by atoms with E-state index in [-0.39, 0.29) is 0 Å². The number of likely N-dealkylation sites (tertiary alicyclic amines) is 1. The van der Waals surface area contributed by atoms with Crippen LogP contribution in [0.25, 0.3) is 0 Å². The van der Waals surface area contributed by atoms with Gasteiger partial charge in [0.2, 0.25) is 0 Å². The predicted molar refractivity (Wildman–Crippen MR) is 75.6 cm³/mol. The van der Waals surface area contributed by atoms with Crippen molar-refractivity contribution in [3.05, 3.63) is 21.9 Å². The molecule has 1 aliphatic heterocycles. The molecule has 4 heteroatoms. The molecule has 0 saturated carbocycles. The molecule has 0 atom stereocenters. The zero-order valence-corrected chi connectivity index (χ0v) is 11.8. The third-order valence-electron chi connectivity index (χ3n) is 3.55. The molecule has 1 N–H and O–H groups in total. The summed E-state index contributed by atoms with van der Waals surface area (Å²) in [4.78, 5) is 4.60. The second kappa shape index (κ2) is 6.89. The Bertz CT molecular complexity index is 399. The summed E-state index contributed by atoms with van der Waals surface area (Å²) < 4.78 is 0. The van der Waals surface area contributed by atoms with E-state index in [4.69, 9.17) is 5.26 Å². The molecule has 3 nitrogen and oxygen atoms in total. The van der Waals surface area contributed by atoms with Crippen molar-refractivity contribution in [2.45, 2.75) is 26.3 Å². The molecule has 0 spiro atoms. The van der Waals surface area contributed by atoms with Crippen LogP contribution in [-0.4, -0.2) is 31.1 Å². The molecule has 98 valence electrons. The lowest BCUT2D eigenvalue weighted by Gasteiger charge is -2.30. The highest BCUT2D eigenvalue weighted by Crippen LogP contribution is 2.16. The third kappa shape index (κ3) is 4.09. The van der Waals surface area contributed by atoms with Crippen molar-refractivity contribution in [3.63, 3.8) is 0 Å². The van der Waals surface area contributed by atoms with Crippen LogP contribution < -0.4 is 5.32 Å². The highest BCUT2D eigenvalue weighted by atomic mass is 32.1. The average Bonchev–Trinajstić information content (AvgIpc) is 2.85. The lowest BCUT2D eigenvalue weighted by Crippen LogP contribution is -2.37. The summed E-state index contributed by atoms with van der Waals surface area (Å²) in [7, 11) is 0. The molecule has 0 aliphatic carbocycles. The first kappa shape index (κ1) is 13.5. The van der Waals surface area contributed by atoms with Crippen LogP contribution in [0, 0.1) is 17.2 Å². The number of nitrogens with one attached hydrogen (secondary N) is 1.